The van der Waals surface area contributed by atoms with Crippen LogP contribution in [0, 0.1) is 5.92 Å². The Morgan fingerprint density at radius 2 is 2.05 bits per heavy atom. The first-order valence-electron chi connectivity index (χ1n) is 7.00. The lowest BCUT2D eigenvalue weighted by Gasteiger charge is -2.23. The molecular formula is C15H23NO3. The van der Waals surface area contributed by atoms with E-state index < -0.39 is 0 Å². The van der Waals surface area contributed by atoms with Crippen molar-refractivity contribution in [3.63, 3.8) is 0 Å². The summed E-state index contributed by atoms with van der Waals surface area (Å²) in [6, 6.07) is 5.87. The van der Waals surface area contributed by atoms with Gasteiger partial charge in [0.2, 0.25) is 0 Å². The average Bonchev–Trinajstić information content (AvgIpc) is 2.47. The molecule has 1 aromatic rings. The second-order valence-corrected chi connectivity index (χ2v) is 4.75. The molecule has 1 aromatic carbocycles. The van der Waals surface area contributed by atoms with E-state index in [1.54, 1.807) is 0 Å². The van der Waals surface area contributed by atoms with E-state index >= 15 is 0 Å². The molecule has 0 bridgehead atoms. The highest BCUT2D eigenvalue weighted by molar-refractivity contribution is 5.46. The van der Waals surface area contributed by atoms with Gasteiger partial charge in [-0.1, -0.05) is 12.1 Å². The van der Waals surface area contributed by atoms with E-state index in [0.717, 1.165) is 43.1 Å². The summed E-state index contributed by atoms with van der Waals surface area (Å²) in [7, 11) is 0. The summed E-state index contributed by atoms with van der Waals surface area (Å²) in [5, 5.41) is 0. The molecule has 4 heteroatoms. The van der Waals surface area contributed by atoms with Crippen LogP contribution in [0.4, 0.5) is 0 Å². The van der Waals surface area contributed by atoms with E-state index in [1.165, 1.54) is 0 Å². The van der Waals surface area contributed by atoms with Gasteiger partial charge < -0.3 is 19.9 Å². The van der Waals surface area contributed by atoms with Crippen LogP contribution in [0.3, 0.4) is 0 Å². The van der Waals surface area contributed by atoms with E-state index in [9.17, 15) is 0 Å². The summed E-state index contributed by atoms with van der Waals surface area (Å²) in [6.45, 7) is 5.44. The quantitative estimate of drug-likeness (QED) is 0.858. The normalized spacial score (nSPS) is 16.3. The van der Waals surface area contributed by atoms with Gasteiger partial charge in [-0.2, -0.15) is 0 Å². The van der Waals surface area contributed by atoms with Crippen LogP contribution >= 0.6 is 0 Å². The highest BCUT2D eigenvalue weighted by Crippen LogP contribution is 2.32. The molecule has 0 radical (unpaired) electrons. The van der Waals surface area contributed by atoms with Crippen molar-refractivity contribution < 1.29 is 14.2 Å². The third kappa shape index (κ3) is 3.85. The maximum atomic E-state index is 5.99. The molecule has 19 heavy (non-hydrogen) atoms. The molecule has 0 aromatic heterocycles. The maximum Gasteiger partial charge on any atom is 0.165 e. The lowest BCUT2D eigenvalue weighted by molar-refractivity contribution is 0.0491. The average molecular weight is 265 g/mol. The Kier molecular flexibility index (Phi) is 5.48. The minimum Gasteiger partial charge on any atom is -0.490 e. The van der Waals surface area contributed by atoms with Crippen LogP contribution in [0.15, 0.2) is 18.2 Å². The van der Waals surface area contributed by atoms with Gasteiger partial charge >= 0.3 is 0 Å². The van der Waals surface area contributed by atoms with Crippen LogP contribution in [-0.2, 0) is 11.3 Å². The summed E-state index contributed by atoms with van der Waals surface area (Å²) in [4.78, 5) is 0. The minimum absolute atomic E-state index is 0.462. The first-order valence-corrected chi connectivity index (χ1v) is 7.00. The van der Waals surface area contributed by atoms with Crippen molar-refractivity contribution in [3.8, 4) is 11.5 Å². The predicted octanol–water partition coefficient (Wildman–Crippen LogP) is 2.35. The first kappa shape index (κ1) is 14.2. The smallest absolute Gasteiger partial charge is 0.165 e. The molecule has 0 spiro atoms. The molecule has 1 fully saturated rings. The van der Waals surface area contributed by atoms with E-state index in [0.29, 0.717) is 25.7 Å². The molecule has 2 rings (SSSR count). The predicted molar refractivity (Wildman–Crippen MR) is 74.5 cm³/mol. The van der Waals surface area contributed by atoms with Crippen LogP contribution in [0.1, 0.15) is 25.3 Å². The van der Waals surface area contributed by atoms with Crippen molar-refractivity contribution >= 4 is 0 Å². The molecule has 0 aliphatic carbocycles. The molecular weight excluding hydrogens is 242 g/mol. The second-order valence-electron chi connectivity index (χ2n) is 4.75. The summed E-state index contributed by atoms with van der Waals surface area (Å²) in [5.41, 5.74) is 6.77. The van der Waals surface area contributed by atoms with Crippen LogP contribution in [0.5, 0.6) is 11.5 Å². The van der Waals surface area contributed by atoms with Crippen molar-refractivity contribution in [1.82, 2.24) is 0 Å². The molecule has 0 atom stereocenters. The van der Waals surface area contributed by atoms with Gasteiger partial charge in [-0.3, -0.25) is 0 Å². The molecule has 1 aliphatic heterocycles. The van der Waals surface area contributed by atoms with Gasteiger partial charge in [-0.05, 0) is 31.7 Å². The number of nitrogens with two attached hydrogens (primary N) is 1. The SMILES string of the molecule is CCOc1cccc(CN)c1OCC1CCOCC1. The molecule has 1 aliphatic rings. The fraction of sp³-hybridized carbons (Fsp3) is 0.600. The Morgan fingerprint density at radius 3 is 2.74 bits per heavy atom. The highest BCUT2D eigenvalue weighted by Gasteiger charge is 2.17. The fourth-order valence-electron chi connectivity index (χ4n) is 2.27. The summed E-state index contributed by atoms with van der Waals surface area (Å²) in [6.07, 6.45) is 2.13. The summed E-state index contributed by atoms with van der Waals surface area (Å²) >= 11 is 0. The van der Waals surface area contributed by atoms with Gasteiger partial charge in [0.25, 0.3) is 0 Å². The Balaban J connectivity index is 2.03. The van der Waals surface area contributed by atoms with Gasteiger partial charge in [0, 0.05) is 25.3 Å². The highest BCUT2D eigenvalue weighted by atomic mass is 16.5. The first-order chi connectivity index (χ1) is 9.35. The molecule has 1 heterocycles. The second kappa shape index (κ2) is 7.36. The van der Waals surface area contributed by atoms with Gasteiger partial charge in [-0.15, -0.1) is 0 Å². The third-order valence-electron chi connectivity index (χ3n) is 3.38. The maximum absolute atomic E-state index is 5.99. The van der Waals surface area contributed by atoms with Gasteiger partial charge in [0.15, 0.2) is 11.5 Å². The zero-order valence-electron chi connectivity index (χ0n) is 11.6. The van der Waals surface area contributed by atoms with Crippen molar-refractivity contribution in [1.29, 1.82) is 0 Å². The zero-order valence-corrected chi connectivity index (χ0v) is 11.6. The van der Waals surface area contributed by atoms with E-state index in [4.69, 9.17) is 19.9 Å². The topological polar surface area (TPSA) is 53.7 Å². The van der Waals surface area contributed by atoms with Crippen LogP contribution < -0.4 is 15.2 Å². The zero-order chi connectivity index (χ0) is 13.5. The Labute approximate surface area is 114 Å². The van der Waals surface area contributed by atoms with Crippen LogP contribution in [-0.4, -0.2) is 26.4 Å². The number of rotatable bonds is 6. The Hall–Kier alpha value is -1.26. The minimum atomic E-state index is 0.462. The van der Waals surface area contributed by atoms with Crippen molar-refractivity contribution in [3.05, 3.63) is 23.8 Å². The van der Waals surface area contributed by atoms with E-state index in [1.807, 2.05) is 25.1 Å². The van der Waals surface area contributed by atoms with Crippen molar-refractivity contribution in [2.45, 2.75) is 26.3 Å². The molecule has 0 amide bonds. The van der Waals surface area contributed by atoms with Crippen molar-refractivity contribution in [2.75, 3.05) is 26.4 Å². The standard InChI is InChI=1S/C15H23NO3/c1-2-18-14-5-3-4-13(10-16)15(14)19-11-12-6-8-17-9-7-12/h3-5,12H,2,6-11,16H2,1H3. The number of para-hydroxylation sites is 1. The van der Waals surface area contributed by atoms with Gasteiger partial charge in [0.1, 0.15) is 0 Å². The van der Waals surface area contributed by atoms with Crippen molar-refractivity contribution in [2.24, 2.45) is 11.7 Å². The lowest BCUT2D eigenvalue weighted by atomic mass is 10.0. The number of hydrogen-bond donors (Lipinski definition) is 1. The third-order valence-corrected chi connectivity index (χ3v) is 3.38. The van der Waals surface area contributed by atoms with E-state index in [2.05, 4.69) is 0 Å². The molecule has 0 saturated carbocycles. The largest absolute Gasteiger partial charge is 0.490 e. The number of hydrogen-bond acceptors (Lipinski definition) is 4. The lowest BCUT2D eigenvalue weighted by Crippen LogP contribution is -2.22. The Bertz CT molecular complexity index is 389. The fourth-order valence-corrected chi connectivity index (χ4v) is 2.27. The molecule has 106 valence electrons. The molecule has 0 unspecified atom stereocenters. The molecule has 2 N–H and O–H groups in total. The van der Waals surface area contributed by atoms with Crippen LogP contribution in [0.25, 0.3) is 0 Å². The van der Waals surface area contributed by atoms with Gasteiger partial charge in [-0.25, -0.2) is 0 Å². The van der Waals surface area contributed by atoms with E-state index in [-0.39, 0.29) is 0 Å². The van der Waals surface area contributed by atoms with Crippen LogP contribution in [0.2, 0.25) is 0 Å². The Morgan fingerprint density at radius 1 is 1.26 bits per heavy atom. The number of benzene rings is 1. The van der Waals surface area contributed by atoms with Gasteiger partial charge in [0.05, 0.1) is 13.2 Å². The summed E-state index contributed by atoms with van der Waals surface area (Å²) in [5.74, 6) is 2.16. The monoisotopic (exact) mass is 265 g/mol. The molecule has 1 saturated heterocycles. The summed E-state index contributed by atoms with van der Waals surface area (Å²) < 4.78 is 17.0. The molecule has 4 nitrogen and oxygen atoms in total. The number of ether oxygens (including phenoxy) is 3.